The van der Waals surface area contributed by atoms with E-state index in [1.165, 1.54) is 0 Å². The van der Waals surface area contributed by atoms with E-state index in [0.717, 1.165) is 12.8 Å². The van der Waals surface area contributed by atoms with Crippen LogP contribution in [-0.4, -0.2) is 47.5 Å². The fourth-order valence-corrected chi connectivity index (χ4v) is 3.12. The van der Waals surface area contributed by atoms with E-state index in [1.54, 1.807) is 36.1 Å². The molecule has 0 spiro atoms. The highest BCUT2D eigenvalue weighted by Gasteiger charge is 2.39. The molecule has 1 aromatic rings. The predicted octanol–water partition coefficient (Wildman–Crippen LogP) is 2.13. The van der Waals surface area contributed by atoms with Gasteiger partial charge in [0.2, 0.25) is 5.91 Å². The van der Waals surface area contributed by atoms with Crippen molar-refractivity contribution in [2.45, 2.75) is 32.6 Å². The average Bonchev–Trinajstić information content (AvgIpc) is 3.45. The lowest BCUT2D eigenvalue weighted by Crippen LogP contribution is -2.49. The van der Waals surface area contributed by atoms with E-state index in [1.807, 2.05) is 0 Å². The van der Waals surface area contributed by atoms with Crippen molar-refractivity contribution >= 4 is 23.5 Å². The zero-order chi connectivity index (χ0) is 18.7. The van der Waals surface area contributed by atoms with Gasteiger partial charge in [-0.25, -0.2) is 0 Å². The molecule has 2 fully saturated rings. The van der Waals surface area contributed by atoms with Crippen molar-refractivity contribution in [3.63, 3.8) is 0 Å². The lowest BCUT2D eigenvalue weighted by Gasteiger charge is -2.37. The van der Waals surface area contributed by atoms with Crippen LogP contribution in [0.25, 0.3) is 0 Å². The van der Waals surface area contributed by atoms with Gasteiger partial charge in [0.1, 0.15) is 5.75 Å². The van der Waals surface area contributed by atoms with E-state index in [9.17, 15) is 19.5 Å². The number of carbonyl (C=O) groups excluding carboxylic acids is 2. The summed E-state index contributed by atoms with van der Waals surface area (Å²) in [6, 6.07) is 6.94. The first-order chi connectivity index (χ1) is 12.4. The smallest absolute Gasteiger partial charge is 0.311 e. The van der Waals surface area contributed by atoms with Gasteiger partial charge >= 0.3 is 5.97 Å². The number of aliphatic carboxylic acids is 1. The standard InChI is InChI=1S/C19H24N2O5/c1-19(18(24)25)8-3-9-21(12-19)16(22)11-26-15-5-2-4-14(10-15)20-17(23)13-6-7-13/h2,4-5,10,13H,3,6-9,11-12H2,1H3,(H,20,23)(H,24,25). The Bertz CT molecular complexity index is 716. The molecule has 7 nitrogen and oxygen atoms in total. The first-order valence-corrected chi connectivity index (χ1v) is 8.92. The summed E-state index contributed by atoms with van der Waals surface area (Å²) in [7, 11) is 0. The average molecular weight is 360 g/mol. The van der Waals surface area contributed by atoms with Gasteiger partial charge in [-0.1, -0.05) is 6.07 Å². The van der Waals surface area contributed by atoms with Gasteiger partial charge in [-0.05, 0) is 44.7 Å². The number of rotatable bonds is 6. The summed E-state index contributed by atoms with van der Waals surface area (Å²) in [5.74, 6) is -0.493. The van der Waals surface area contributed by atoms with Crippen molar-refractivity contribution in [2.75, 3.05) is 25.0 Å². The molecule has 2 N–H and O–H groups in total. The molecule has 1 saturated carbocycles. The number of carbonyl (C=O) groups is 3. The van der Waals surface area contributed by atoms with Gasteiger partial charge in [0.15, 0.2) is 6.61 Å². The zero-order valence-corrected chi connectivity index (χ0v) is 14.9. The number of piperidine rings is 1. The zero-order valence-electron chi connectivity index (χ0n) is 14.9. The monoisotopic (exact) mass is 360 g/mol. The van der Waals surface area contributed by atoms with Crippen molar-refractivity contribution in [3.05, 3.63) is 24.3 Å². The number of benzene rings is 1. The van der Waals surface area contributed by atoms with Gasteiger partial charge in [0, 0.05) is 30.8 Å². The topological polar surface area (TPSA) is 95.9 Å². The minimum absolute atomic E-state index is 0.0134. The highest BCUT2D eigenvalue weighted by Crippen LogP contribution is 2.31. The van der Waals surface area contributed by atoms with Gasteiger partial charge in [0.05, 0.1) is 5.41 Å². The summed E-state index contributed by atoms with van der Waals surface area (Å²) in [6.45, 7) is 2.25. The molecule has 26 heavy (non-hydrogen) atoms. The van der Waals surface area contributed by atoms with Crippen LogP contribution in [0, 0.1) is 11.3 Å². The number of nitrogens with zero attached hydrogens (tertiary/aromatic N) is 1. The van der Waals surface area contributed by atoms with E-state index in [0.29, 0.717) is 30.8 Å². The summed E-state index contributed by atoms with van der Waals surface area (Å²) in [4.78, 5) is 37.1. The van der Waals surface area contributed by atoms with Gasteiger partial charge < -0.3 is 20.1 Å². The van der Waals surface area contributed by atoms with E-state index in [2.05, 4.69) is 5.32 Å². The maximum Gasteiger partial charge on any atom is 0.311 e. The maximum atomic E-state index is 12.4. The van der Waals surface area contributed by atoms with Gasteiger partial charge in [-0.2, -0.15) is 0 Å². The molecule has 1 aromatic carbocycles. The molecule has 1 aliphatic heterocycles. The molecule has 140 valence electrons. The Balaban J connectivity index is 1.54. The van der Waals surface area contributed by atoms with Crippen molar-refractivity contribution in [3.8, 4) is 5.75 Å². The lowest BCUT2D eigenvalue weighted by molar-refractivity contribution is -0.154. The van der Waals surface area contributed by atoms with Crippen LogP contribution in [0.3, 0.4) is 0 Å². The number of ether oxygens (including phenoxy) is 1. The summed E-state index contributed by atoms with van der Waals surface area (Å²) >= 11 is 0. The first kappa shape index (κ1) is 18.2. The number of carboxylic acids is 1. The summed E-state index contributed by atoms with van der Waals surface area (Å²) in [5, 5.41) is 12.2. The minimum atomic E-state index is -0.902. The molecule has 0 bridgehead atoms. The van der Waals surface area contributed by atoms with Crippen molar-refractivity contribution in [2.24, 2.45) is 11.3 Å². The molecule has 2 aliphatic rings. The second-order valence-electron chi connectivity index (χ2n) is 7.36. The molecule has 7 heteroatoms. The molecular weight excluding hydrogens is 336 g/mol. The number of anilines is 1. The van der Waals surface area contributed by atoms with Crippen LogP contribution in [0.15, 0.2) is 24.3 Å². The molecule has 1 heterocycles. The van der Waals surface area contributed by atoms with Crippen LogP contribution < -0.4 is 10.1 Å². The summed E-state index contributed by atoms with van der Waals surface area (Å²) < 4.78 is 5.56. The molecular formula is C19H24N2O5. The van der Waals surface area contributed by atoms with Crippen LogP contribution in [0.5, 0.6) is 5.75 Å². The lowest BCUT2D eigenvalue weighted by atomic mass is 9.82. The van der Waals surface area contributed by atoms with Crippen molar-refractivity contribution in [1.82, 2.24) is 4.90 Å². The second-order valence-corrected chi connectivity index (χ2v) is 7.36. The summed E-state index contributed by atoms with van der Waals surface area (Å²) in [6.07, 6.45) is 3.09. The van der Waals surface area contributed by atoms with Gasteiger partial charge in [-0.15, -0.1) is 0 Å². The maximum absolute atomic E-state index is 12.4. The van der Waals surface area contributed by atoms with Crippen LogP contribution in [0.1, 0.15) is 32.6 Å². The fraction of sp³-hybridized carbons (Fsp3) is 0.526. The van der Waals surface area contributed by atoms with E-state index >= 15 is 0 Å². The van der Waals surface area contributed by atoms with Gasteiger partial charge in [-0.3, -0.25) is 14.4 Å². The fourth-order valence-electron chi connectivity index (χ4n) is 3.12. The Kier molecular flexibility index (Phi) is 5.15. The number of likely N-dealkylation sites (tertiary alicyclic amines) is 1. The Morgan fingerprint density at radius 1 is 1.35 bits per heavy atom. The van der Waals surface area contributed by atoms with Crippen LogP contribution in [0.4, 0.5) is 5.69 Å². The number of amides is 2. The first-order valence-electron chi connectivity index (χ1n) is 8.92. The quantitative estimate of drug-likeness (QED) is 0.810. The third-order valence-corrected chi connectivity index (χ3v) is 4.98. The predicted molar refractivity (Wildman–Crippen MR) is 94.8 cm³/mol. The third kappa shape index (κ3) is 4.33. The number of carboxylic acid groups (broad SMARTS) is 1. The van der Waals surface area contributed by atoms with E-state index in [-0.39, 0.29) is 30.9 Å². The van der Waals surface area contributed by atoms with Crippen LogP contribution in [0.2, 0.25) is 0 Å². The van der Waals surface area contributed by atoms with Crippen LogP contribution >= 0.6 is 0 Å². The highest BCUT2D eigenvalue weighted by molar-refractivity contribution is 5.94. The Morgan fingerprint density at radius 3 is 2.81 bits per heavy atom. The molecule has 3 rings (SSSR count). The molecule has 1 unspecified atom stereocenters. The normalized spacial score (nSPS) is 22.6. The van der Waals surface area contributed by atoms with Crippen molar-refractivity contribution in [1.29, 1.82) is 0 Å². The Hall–Kier alpha value is -2.57. The SMILES string of the molecule is CC1(C(=O)O)CCCN(C(=O)COc2cccc(NC(=O)C3CC3)c2)C1. The highest BCUT2D eigenvalue weighted by atomic mass is 16.5. The number of nitrogens with one attached hydrogen (secondary N) is 1. The van der Waals surface area contributed by atoms with Gasteiger partial charge in [0.25, 0.3) is 5.91 Å². The van der Waals surface area contributed by atoms with Crippen LogP contribution in [-0.2, 0) is 14.4 Å². The van der Waals surface area contributed by atoms with Crippen molar-refractivity contribution < 1.29 is 24.2 Å². The molecule has 2 amide bonds. The largest absolute Gasteiger partial charge is 0.484 e. The number of hydrogen-bond acceptors (Lipinski definition) is 4. The molecule has 1 aliphatic carbocycles. The second kappa shape index (κ2) is 7.35. The van der Waals surface area contributed by atoms with E-state index in [4.69, 9.17) is 4.74 Å². The third-order valence-electron chi connectivity index (χ3n) is 4.98. The number of hydrogen-bond donors (Lipinski definition) is 2. The Morgan fingerprint density at radius 2 is 2.12 bits per heavy atom. The molecule has 1 atom stereocenters. The summed E-state index contributed by atoms with van der Waals surface area (Å²) in [5.41, 5.74) is -0.260. The van der Waals surface area contributed by atoms with E-state index < -0.39 is 11.4 Å². The minimum Gasteiger partial charge on any atom is -0.484 e. The molecule has 0 aromatic heterocycles. The molecule has 1 saturated heterocycles. The molecule has 0 radical (unpaired) electrons. The Labute approximate surface area is 152 Å².